The fraction of sp³-hybridized carbons (Fsp3) is 0.310. The van der Waals surface area contributed by atoms with Gasteiger partial charge in [0.2, 0.25) is 0 Å². The molecule has 0 spiro atoms. The molecule has 2 amide bonds. The molecule has 3 aromatic rings. The molecular weight excluding hydrogens is 532 g/mol. The first-order valence-electron chi connectivity index (χ1n) is 12.9. The Balaban J connectivity index is 1.55. The fourth-order valence-electron chi connectivity index (χ4n) is 5.13. The number of aromatic nitrogens is 1. The van der Waals surface area contributed by atoms with E-state index < -0.39 is 0 Å². The molecule has 3 heterocycles. The van der Waals surface area contributed by atoms with Crippen LogP contribution < -0.4 is 10.5 Å². The van der Waals surface area contributed by atoms with Crippen LogP contribution >= 0.6 is 24.0 Å². The Hall–Kier alpha value is -3.63. The molecule has 2 aromatic carbocycles. The Labute approximate surface area is 236 Å². The summed E-state index contributed by atoms with van der Waals surface area (Å²) in [5.41, 5.74) is 2.79. The van der Waals surface area contributed by atoms with Gasteiger partial charge in [0.05, 0.1) is 34.3 Å². The third-order valence-corrected chi connectivity index (χ3v) is 8.53. The molecule has 0 saturated carbocycles. The van der Waals surface area contributed by atoms with Crippen molar-refractivity contribution in [3.05, 3.63) is 81.0 Å². The van der Waals surface area contributed by atoms with E-state index in [1.807, 2.05) is 61.5 Å². The molecule has 0 bridgehead atoms. The van der Waals surface area contributed by atoms with Gasteiger partial charge in [0.15, 0.2) is 0 Å². The molecule has 2 fully saturated rings. The van der Waals surface area contributed by atoms with Gasteiger partial charge in [-0.25, -0.2) is 4.79 Å². The maximum absolute atomic E-state index is 13.8. The van der Waals surface area contributed by atoms with E-state index in [2.05, 4.69) is 4.90 Å². The largest absolute Gasteiger partial charge is 0.450 e. The Morgan fingerprint density at radius 1 is 1.05 bits per heavy atom. The van der Waals surface area contributed by atoms with E-state index in [1.54, 1.807) is 34.4 Å². The number of amides is 2. The van der Waals surface area contributed by atoms with Gasteiger partial charge in [-0.2, -0.15) is 0 Å². The number of nitrogens with zero attached hydrogens (tertiary/aromatic N) is 4. The Bertz CT molecular complexity index is 1530. The summed E-state index contributed by atoms with van der Waals surface area (Å²) in [6.07, 6.45) is 1.36. The molecule has 2 saturated heterocycles. The first-order valence-corrected chi connectivity index (χ1v) is 14.1. The van der Waals surface area contributed by atoms with E-state index in [1.165, 1.54) is 11.8 Å². The molecule has 0 radical (unpaired) electrons. The van der Waals surface area contributed by atoms with E-state index in [4.69, 9.17) is 17.0 Å². The van der Waals surface area contributed by atoms with Crippen LogP contribution in [0, 0.1) is 0 Å². The van der Waals surface area contributed by atoms with Crippen LogP contribution in [0.15, 0.2) is 64.3 Å². The second-order valence-corrected chi connectivity index (χ2v) is 11.1. The molecule has 39 heavy (non-hydrogen) atoms. The summed E-state index contributed by atoms with van der Waals surface area (Å²) in [7, 11) is 1.74. The van der Waals surface area contributed by atoms with Crippen molar-refractivity contribution in [2.75, 3.05) is 37.7 Å². The number of hydrogen-bond acceptors (Lipinski definition) is 7. The van der Waals surface area contributed by atoms with E-state index in [0.29, 0.717) is 47.6 Å². The van der Waals surface area contributed by atoms with E-state index in [-0.39, 0.29) is 23.6 Å². The molecule has 0 N–H and O–H groups in total. The van der Waals surface area contributed by atoms with E-state index in [9.17, 15) is 14.4 Å². The zero-order chi connectivity index (χ0) is 27.7. The highest BCUT2D eigenvalue weighted by Gasteiger charge is 2.37. The first-order chi connectivity index (χ1) is 18.8. The lowest BCUT2D eigenvalue weighted by Gasteiger charge is -2.36. The molecule has 2 aliphatic heterocycles. The molecule has 1 atom stereocenters. The number of fused-ring (bicyclic) bond motifs is 1. The highest BCUT2D eigenvalue weighted by atomic mass is 32.2. The summed E-state index contributed by atoms with van der Waals surface area (Å²) in [6.45, 7) is 6.06. The standard InChI is InChI=1S/C29H30N4O4S2/c1-4-37-28(36)32-16-14-31(15-17-32)25-21-12-8-9-13-23(21)30(3)26(34)22(25)18-24-27(35)33(29(38)39-24)19(2)20-10-6-5-7-11-20/h5-13,18-19H,4,14-17H2,1-3H3. The molecule has 2 aliphatic rings. The van der Waals surface area contributed by atoms with Crippen LogP contribution in [0.2, 0.25) is 0 Å². The van der Waals surface area contributed by atoms with Gasteiger partial charge in [-0.1, -0.05) is 72.5 Å². The lowest BCUT2D eigenvalue weighted by molar-refractivity contribution is -0.123. The maximum Gasteiger partial charge on any atom is 0.409 e. The molecule has 1 unspecified atom stereocenters. The minimum absolute atomic E-state index is 0.196. The zero-order valence-corrected chi connectivity index (χ0v) is 23.8. The maximum atomic E-state index is 13.8. The molecule has 10 heteroatoms. The number of thiocarbonyl (C=S) groups is 1. The molecule has 202 valence electrons. The minimum atomic E-state index is -0.331. The van der Waals surface area contributed by atoms with Crippen molar-refractivity contribution in [3.8, 4) is 0 Å². The van der Waals surface area contributed by atoms with Crippen LogP contribution in [-0.2, 0) is 16.6 Å². The predicted molar refractivity (Wildman–Crippen MR) is 160 cm³/mol. The normalized spacial score (nSPS) is 17.8. The van der Waals surface area contributed by atoms with Gasteiger partial charge in [0.1, 0.15) is 4.32 Å². The molecule has 0 aliphatic carbocycles. The summed E-state index contributed by atoms with van der Waals surface area (Å²) in [5.74, 6) is -0.213. The van der Waals surface area contributed by atoms with Gasteiger partial charge in [0, 0.05) is 38.6 Å². The number of carbonyl (C=O) groups is 2. The SMILES string of the molecule is CCOC(=O)N1CCN(c2c(C=C3SC(=S)N(C(C)c4ccccc4)C3=O)c(=O)n(C)c3ccccc23)CC1. The van der Waals surface area contributed by atoms with Gasteiger partial charge < -0.3 is 19.1 Å². The lowest BCUT2D eigenvalue weighted by Crippen LogP contribution is -2.49. The van der Waals surface area contributed by atoms with Crippen molar-refractivity contribution in [3.63, 3.8) is 0 Å². The van der Waals surface area contributed by atoms with Crippen LogP contribution in [0.1, 0.15) is 31.0 Å². The summed E-state index contributed by atoms with van der Waals surface area (Å²) >= 11 is 6.84. The van der Waals surface area contributed by atoms with Gasteiger partial charge in [-0.05, 0) is 31.6 Å². The smallest absolute Gasteiger partial charge is 0.409 e. The van der Waals surface area contributed by atoms with Crippen molar-refractivity contribution in [2.45, 2.75) is 19.9 Å². The predicted octanol–water partition coefficient (Wildman–Crippen LogP) is 4.78. The number of ether oxygens (including phenoxy) is 1. The average Bonchev–Trinajstić information content (AvgIpc) is 3.24. The van der Waals surface area contributed by atoms with Crippen LogP contribution in [0.3, 0.4) is 0 Å². The highest BCUT2D eigenvalue weighted by Crippen LogP contribution is 2.39. The third kappa shape index (κ3) is 5.06. The van der Waals surface area contributed by atoms with Crippen LogP contribution in [-0.4, -0.2) is 63.5 Å². The summed E-state index contributed by atoms with van der Waals surface area (Å²) in [4.78, 5) is 45.5. The van der Waals surface area contributed by atoms with Crippen LogP contribution in [0.4, 0.5) is 10.5 Å². The number of rotatable bonds is 5. The average molecular weight is 563 g/mol. The number of thioether (sulfide) groups is 1. The lowest BCUT2D eigenvalue weighted by atomic mass is 10.0. The Morgan fingerprint density at radius 3 is 2.41 bits per heavy atom. The number of aryl methyl sites for hydroxylation is 1. The number of benzene rings is 2. The van der Waals surface area contributed by atoms with E-state index >= 15 is 0 Å². The number of anilines is 1. The van der Waals surface area contributed by atoms with E-state index in [0.717, 1.165) is 22.2 Å². The third-order valence-electron chi connectivity index (χ3n) is 7.20. The summed E-state index contributed by atoms with van der Waals surface area (Å²) in [6, 6.07) is 17.3. The van der Waals surface area contributed by atoms with Crippen molar-refractivity contribution < 1.29 is 14.3 Å². The van der Waals surface area contributed by atoms with Crippen LogP contribution in [0.5, 0.6) is 0 Å². The zero-order valence-electron chi connectivity index (χ0n) is 22.1. The van der Waals surface area contributed by atoms with Crippen molar-refractivity contribution in [1.29, 1.82) is 0 Å². The number of pyridine rings is 1. The van der Waals surface area contributed by atoms with Crippen molar-refractivity contribution >= 4 is 63.0 Å². The van der Waals surface area contributed by atoms with Crippen molar-refractivity contribution in [1.82, 2.24) is 14.4 Å². The van der Waals surface area contributed by atoms with Crippen LogP contribution in [0.25, 0.3) is 17.0 Å². The number of carbonyl (C=O) groups excluding carboxylic acids is 2. The second-order valence-electron chi connectivity index (χ2n) is 9.45. The minimum Gasteiger partial charge on any atom is -0.450 e. The second kappa shape index (κ2) is 11.2. The monoisotopic (exact) mass is 562 g/mol. The van der Waals surface area contributed by atoms with Gasteiger partial charge >= 0.3 is 6.09 Å². The molecule has 8 nitrogen and oxygen atoms in total. The van der Waals surface area contributed by atoms with Gasteiger partial charge in [0.25, 0.3) is 11.5 Å². The Kier molecular flexibility index (Phi) is 7.76. The summed E-state index contributed by atoms with van der Waals surface area (Å²) in [5, 5.41) is 0.906. The molecular formula is C29H30N4O4S2. The highest BCUT2D eigenvalue weighted by molar-refractivity contribution is 8.26. The molecule has 5 rings (SSSR count). The molecule has 1 aromatic heterocycles. The number of piperazine rings is 1. The van der Waals surface area contributed by atoms with Crippen molar-refractivity contribution in [2.24, 2.45) is 7.05 Å². The number of para-hydroxylation sites is 1. The van der Waals surface area contributed by atoms with Gasteiger partial charge in [-0.15, -0.1) is 0 Å². The quantitative estimate of drug-likeness (QED) is 0.327. The number of hydrogen-bond donors (Lipinski definition) is 0. The Morgan fingerprint density at radius 2 is 1.72 bits per heavy atom. The fourth-order valence-corrected chi connectivity index (χ4v) is 6.53. The van der Waals surface area contributed by atoms with Gasteiger partial charge in [-0.3, -0.25) is 14.5 Å². The summed E-state index contributed by atoms with van der Waals surface area (Å²) < 4.78 is 7.25. The topological polar surface area (TPSA) is 75.1 Å². The first kappa shape index (κ1) is 27.0.